The molecule has 1 heterocycles. The highest BCUT2D eigenvalue weighted by Crippen LogP contribution is 2.20. The number of carbonyl (C=O) groups excluding carboxylic acids is 2. The lowest BCUT2D eigenvalue weighted by Crippen LogP contribution is -2.48. The minimum absolute atomic E-state index is 0.0366. The molecule has 6 heteroatoms. The van der Waals surface area contributed by atoms with Crippen LogP contribution in [0.4, 0.5) is 11.4 Å². The molecule has 1 aliphatic rings. The van der Waals surface area contributed by atoms with E-state index >= 15 is 0 Å². The molecule has 0 unspecified atom stereocenters. The number of benzene rings is 3. The lowest BCUT2D eigenvalue weighted by Gasteiger charge is -2.35. The molecule has 6 nitrogen and oxygen atoms in total. The highest BCUT2D eigenvalue weighted by molar-refractivity contribution is 5.92. The molecular formula is C28H29N3O3. The van der Waals surface area contributed by atoms with Gasteiger partial charge in [0.1, 0.15) is 5.75 Å². The lowest BCUT2D eigenvalue weighted by atomic mass is 10.2. The van der Waals surface area contributed by atoms with Gasteiger partial charge in [-0.25, -0.2) is 0 Å². The molecule has 0 radical (unpaired) electrons. The quantitative estimate of drug-likeness (QED) is 0.538. The zero-order valence-corrected chi connectivity index (χ0v) is 19.3. The number of nitrogens with one attached hydrogen (secondary N) is 1. The minimum atomic E-state index is -0.202. The van der Waals surface area contributed by atoms with Crippen LogP contribution in [-0.4, -0.2) is 49.5 Å². The molecule has 0 atom stereocenters. The number of para-hydroxylation sites is 1. The van der Waals surface area contributed by atoms with Gasteiger partial charge in [0.05, 0.1) is 0 Å². The molecule has 3 aromatic carbocycles. The molecule has 1 fully saturated rings. The van der Waals surface area contributed by atoms with Crippen molar-refractivity contribution in [2.24, 2.45) is 0 Å². The number of anilines is 2. The summed E-state index contributed by atoms with van der Waals surface area (Å²) in [6, 6.07) is 25.2. The van der Waals surface area contributed by atoms with Crippen molar-refractivity contribution in [2.75, 3.05) is 43.0 Å². The summed E-state index contributed by atoms with van der Waals surface area (Å²) in [5, 5.41) is 2.87. The second kappa shape index (κ2) is 11.2. The summed E-state index contributed by atoms with van der Waals surface area (Å²) in [6.45, 7) is 4.78. The van der Waals surface area contributed by atoms with E-state index < -0.39 is 0 Å². The largest absolute Gasteiger partial charge is 0.483 e. The van der Waals surface area contributed by atoms with Gasteiger partial charge in [-0.15, -0.1) is 0 Å². The Morgan fingerprint density at radius 2 is 1.56 bits per heavy atom. The van der Waals surface area contributed by atoms with E-state index in [9.17, 15) is 9.59 Å². The van der Waals surface area contributed by atoms with Gasteiger partial charge in [0.2, 0.25) is 5.91 Å². The summed E-state index contributed by atoms with van der Waals surface area (Å²) in [5.74, 6) is 0.544. The average molecular weight is 456 g/mol. The fraction of sp³-hybridized carbons (Fsp3) is 0.214. The summed E-state index contributed by atoms with van der Waals surface area (Å²) in [5.41, 5.74) is 3.81. The highest BCUT2D eigenvalue weighted by Gasteiger charge is 2.20. The molecule has 1 saturated heterocycles. The third-order valence-electron chi connectivity index (χ3n) is 5.78. The number of rotatable bonds is 7. The first-order chi connectivity index (χ1) is 16.6. The Hall–Kier alpha value is -4.06. The molecule has 1 aliphatic heterocycles. The smallest absolute Gasteiger partial charge is 0.262 e. The van der Waals surface area contributed by atoms with Crippen molar-refractivity contribution < 1.29 is 14.3 Å². The molecule has 0 saturated carbocycles. The van der Waals surface area contributed by atoms with Crippen molar-refractivity contribution in [3.05, 3.63) is 96.1 Å². The molecule has 4 rings (SSSR count). The van der Waals surface area contributed by atoms with Crippen LogP contribution in [0.25, 0.3) is 6.08 Å². The third kappa shape index (κ3) is 6.25. The number of ether oxygens (including phenoxy) is 1. The van der Waals surface area contributed by atoms with E-state index in [2.05, 4.69) is 10.2 Å². The van der Waals surface area contributed by atoms with Gasteiger partial charge in [-0.05, 0) is 54.5 Å². The first-order valence-corrected chi connectivity index (χ1v) is 11.4. The first kappa shape index (κ1) is 23.1. The first-order valence-electron chi connectivity index (χ1n) is 11.4. The van der Waals surface area contributed by atoms with Gasteiger partial charge in [0.15, 0.2) is 6.61 Å². The maximum absolute atomic E-state index is 12.5. The van der Waals surface area contributed by atoms with E-state index in [-0.39, 0.29) is 18.4 Å². The topological polar surface area (TPSA) is 61.9 Å². The fourth-order valence-electron chi connectivity index (χ4n) is 3.84. The van der Waals surface area contributed by atoms with E-state index in [1.807, 2.05) is 96.8 Å². The normalized spacial score (nSPS) is 13.7. The van der Waals surface area contributed by atoms with Crippen molar-refractivity contribution in [1.29, 1.82) is 0 Å². The van der Waals surface area contributed by atoms with Crippen LogP contribution in [0.2, 0.25) is 0 Å². The van der Waals surface area contributed by atoms with E-state index in [0.717, 1.165) is 35.6 Å². The van der Waals surface area contributed by atoms with Crippen LogP contribution >= 0.6 is 0 Å². The zero-order valence-electron chi connectivity index (χ0n) is 19.3. The fourth-order valence-corrected chi connectivity index (χ4v) is 3.84. The number of nitrogens with zero attached hydrogens (tertiary/aromatic N) is 2. The van der Waals surface area contributed by atoms with Crippen LogP contribution in [0.5, 0.6) is 5.75 Å². The second-order valence-electron chi connectivity index (χ2n) is 8.21. The third-order valence-corrected chi connectivity index (χ3v) is 5.78. The zero-order chi connectivity index (χ0) is 23.8. The number of piperazine rings is 1. The second-order valence-corrected chi connectivity index (χ2v) is 8.21. The Balaban J connectivity index is 1.23. The number of aryl methyl sites for hydroxylation is 1. The van der Waals surface area contributed by atoms with Crippen LogP contribution in [0.3, 0.4) is 0 Å². The van der Waals surface area contributed by atoms with Crippen molar-refractivity contribution in [1.82, 2.24) is 4.90 Å². The molecule has 0 aromatic heterocycles. The summed E-state index contributed by atoms with van der Waals surface area (Å²) in [4.78, 5) is 28.9. The molecule has 0 bridgehead atoms. The summed E-state index contributed by atoms with van der Waals surface area (Å²) in [6.07, 6.45) is 3.50. The minimum Gasteiger partial charge on any atom is -0.483 e. The maximum Gasteiger partial charge on any atom is 0.262 e. The highest BCUT2D eigenvalue weighted by atomic mass is 16.5. The number of carbonyl (C=O) groups is 2. The number of hydrogen-bond donors (Lipinski definition) is 1. The van der Waals surface area contributed by atoms with Crippen LogP contribution in [0, 0.1) is 6.92 Å². The SMILES string of the molecule is Cc1ccccc1OCC(=O)Nc1ccc(N2CCN(C(=O)/C=C/c3ccccc3)CC2)cc1. The summed E-state index contributed by atoms with van der Waals surface area (Å²) < 4.78 is 5.60. The van der Waals surface area contributed by atoms with Gasteiger partial charge >= 0.3 is 0 Å². The molecule has 2 amide bonds. The molecule has 0 spiro atoms. The van der Waals surface area contributed by atoms with Crippen molar-refractivity contribution in [3.63, 3.8) is 0 Å². The predicted molar refractivity (Wildman–Crippen MR) is 136 cm³/mol. The monoisotopic (exact) mass is 455 g/mol. The summed E-state index contributed by atoms with van der Waals surface area (Å²) in [7, 11) is 0. The number of hydrogen-bond acceptors (Lipinski definition) is 4. The van der Waals surface area contributed by atoms with Gasteiger partial charge < -0.3 is 19.9 Å². The van der Waals surface area contributed by atoms with E-state index in [0.29, 0.717) is 18.8 Å². The van der Waals surface area contributed by atoms with Gasteiger partial charge in [-0.3, -0.25) is 9.59 Å². The Labute approximate surface area is 200 Å². The van der Waals surface area contributed by atoms with Crippen molar-refractivity contribution in [3.8, 4) is 5.75 Å². The van der Waals surface area contributed by atoms with E-state index in [1.54, 1.807) is 6.08 Å². The van der Waals surface area contributed by atoms with Gasteiger partial charge in [0.25, 0.3) is 5.91 Å². The van der Waals surface area contributed by atoms with Gasteiger partial charge in [0, 0.05) is 43.6 Å². The Bertz CT molecular complexity index is 1140. The predicted octanol–water partition coefficient (Wildman–Crippen LogP) is 4.37. The molecule has 34 heavy (non-hydrogen) atoms. The van der Waals surface area contributed by atoms with E-state index in [1.165, 1.54) is 0 Å². The molecule has 0 aliphatic carbocycles. The molecular weight excluding hydrogens is 426 g/mol. The average Bonchev–Trinajstić information content (AvgIpc) is 2.88. The molecule has 1 N–H and O–H groups in total. The van der Waals surface area contributed by atoms with E-state index in [4.69, 9.17) is 4.74 Å². The van der Waals surface area contributed by atoms with Crippen molar-refractivity contribution >= 4 is 29.3 Å². The van der Waals surface area contributed by atoms with Gasteiger partial charge in [-0.2, -0.15) is 0 Å². The van der Waals surface area contributed by atoms with Crippen LogP contribution < -0.4 is 15.0 Å². The van der Waals surface area contributed by atoms with Crippen molar-refractivity contribution in [2.45, 2.75) is 6.92 Å². The Morgan fingerprint density at radius 3 is 2.26 bits per heavy atom. The standard InChI is InChI=1S/C28H29N3O3/c1-22-7-5-6-10-26(22)34-21-27(32)29-24-12-14-25(15-13-24)30-17-19-31(20-18-30)28(33)16-11-23-8-3-2-4-9-23/h2-16H,17-21H2,1H3,(H,29,32)/b16-11+. The van der Waals surface area contributed by atoms with Crippen LogP contribution in [0.1, 0.15) is 11.1 Å². The van der Waals surface area contributed by atoms with Gasteiger partial charge in [-0.1, -0.05) is 48.5 Å². The maximum atomic E-state index is 12.5. The lowest BCUT2D eigenvalue weighted by molar-refractivity contribution is -0.126. The van der Waals surface area contributed by atoms with Crippen LogP contribution in [-0.2, 0) is 9.59 Å². The number of amides is 2. The molecule has 3 aromatic rings. The molecule has 174 valence electrons. The Morgan fingerprint density at radius 1 is 0.882 bits per heavy atom. The Kier molecular flexibility index (Phi) is 7.60. The van der Waals surface area contributed by atoms with Crippen LogP contribution in [0.15, 0.2) is 84.9 Å². The summed E-state index contributed by atoms with van der Waals surface area (Å²) >= 11 is 0.